The van der Waals surface area contributed by atoms with Crippen LogP contribution in [0.4, 0.5) is 5.13 Å². The van der Waals surface area contributed by atoms with Crippen molar-refractivity contribution in [3.05, 3.63) is 76.5 Å². The van der Waals surface area contributed by atoms with E-state index in [1.807, 2.05) is 80.7 Å². The molecule has 2 aromatic carbocycles. The molecule has 0 fully saturated rings. The predicted octanol–water partition coefficient (Wildman–Crippen LogP) is 6.47. The molecule has 2 aromatic heterocycles. The number of anilines is 1. The molecule has 1 amide bonds. The molecular weight excluding hydrogens is 476 g/mol. The van der Waals surface area contributed by atoms with Crippen LogP contribution in [0, 0.1) is 0 Å². The summed E-state index contributed by atoms with van der Waals surface area (Å²) in [5.41, 5.74) is 2.53. The third-order valence-corrected chi connectivity index (χ3v) is 6.63. The highest BCUT2D eigenvalue weighted by molar-refractivity contribution is 7.99. The van der Waals surface area contributed by atoms with Crippen LogP contribution in [-0.4, -0.2) is 26.8 Å². The van der Waals surface area contributed by atoms with Gasteiger partial charge < -0.3 is 4.42 Å². The van der Waals surface area contributed by atoms with Gasteiger partial charge in [-0.05, 0) is 17.7 Å². The Kier molecular flexibility index (Phi) is 7.17. The SMILES string of the molecule is CC(C)(C)c1nnc(SCC(=O)N(Cc2ccccc2)c2nc(-c3ccc(Cl)cc3)cs2)o1. The van der Waals surface area contributed by atoms with E-state index in [2.05, 4.69) is 10.2 Å². The van der Waals surface area contributed by atoms with Crippen molar-refractivity contribution in [1.82, 2.24) is 15.2 Å². The summed E-state index contributed by atoms with van der Waals surface area (Å²) >= 11 is 8.68. The van der Waals surface area contributed by atoms with Gasteiger partial charge in [0.15, 0.2) is 5.13 Å². The molecule has 0 radical (unpaired) electrons. The summed E-state index contributed by atoms with van der Waals surface area (Å²) in [5, 5.41) is 11.8. The van der Waals surface area contributed by atoms with Crippen LogP contribution in [0.15, 0.2) is 69.6 Å². The van der Waals surface area contributed by atoms with Crippen LogP contribution < -0.4 is 4.90 Å². The molecule has 33 heavy (non-hydrogen) atoms. The summed E-state index contributed by atoms with van der Waals surface area (Å²) in [6.07, 6.45) is 0. The summed E-state index contributed by atoms with van der Waals surface area (Å²) in [6.45, 7) is 6.43. The first kappa shape index (κ1) is 23.5. The van der Waals surface area contributed by atoms with Crippen LogP contribution in [-0.2, 0) is 16.8 Å². The maximum atomic E-state index is 13.3. The van der Waals surface area contributed by atoms with Crippen LogP contribution in [0.25, 0.3) is 11.3 Å². The highest BCUT2D eigenvalue weighted by Gasteiger charge is 2.24. The van der Waals surface area contributed by atoms with Gasteiger partial charge in [-0.25, -0.2) is 4.98 Å². The molecular formula is C24H23ClN4O2S2. The molecule has 0 bridgehead atoms. The van der Waals surface area contributed by atoms with E-state index in [4.69, 9.17) is 21.0 Å². The number of thiazole rings is 1. The van der Waals surface area contributed by atoms with Gasteiger partial charge in [0, 0.05) is 21.4 Å². The van der Waals surface area contributed by atoms with Crippen LogP contribution in [0.3, 0.4) is 0 Å². The molecule has 4 rings (SSSR count). The molecule has 0 spiro atoms. The van der Waals surface area contributed by atoms with E-state index >= 15 is 0 Å². The third-order valence-electron chi connectivity index (χ3n) is 4.71. The van der Waals surface area contributed by atoms with Crippen LogP contribution in [0.1, 0.15) is 32.2 Å². The van der Waals surface area contributed by atoms with Gasteiger partial charge in [-0.15, -0.1) is 21.5 Å². The second-order valence-electron chi connectivity index (χ2n) is 8.40. The molecule has 0 aliphatic heterocycles. The van der Waals surface area contributed by atoms with Gasteiger partial charge in [0.2, 0.25) is 11.8 Å². The second-order valence-corrected chi connectivity index (χ2v) is 10.6. The molecule has 0 aliphatic carbocycles. The number of halogens is 1. The largest absolute Gasteiger partial charge is 0.415 e. The third kappa shape index (κ3) is 6.01. The number of carbonyl (C=O) groups excluding carboxylic acids is 1. The van der Waals surface area contributed by atoms with Gasteiger partial charge >= 0.3 is 0 Å². The fourth-order valence-electron chi connectivity index (χ4n) is 2.94. The van der Waals surface area contributed by atoms with E-state index in [9.17, 15) is 4.79 Å². The van der Waals surface area contributed by atoms with Gasteiger partial charge in [0.05, 0.1) is 18.0 Å². The maximum Gasteiger partial charge on any atom is 0.277 e. The van der Waals surface area contributed by atoms with Crippen LogP contribution in [0.5, 0.6) is 0 Å². The summed E-state index contributed by atoms with van der Waals surface area (Å²) < 4.78 is 5.72. The highest BCUT2D eigenvalue weighted by atomic mass is 35.5. The number of hydrogen-bond donors (Lipinski definition) is 0. The van der Waals surface area contributed by atoms with E-state index < -0.39 is 0 Å². The number of aromatic nitrogens is 3. The number of nitrogens with zero attached hydrogens (tertiary/aromatic N) is 4. The van der Waals surface area contributed by atoms with E-state index in [1.54, 1.807) is 4.90 Å². The Morgan fingerprint density at radius 3 is 2.48 bits per heavy atom. The van der Waals surface area contributed by atoms with Crippen molar-refractivity contribution in [3.8, 4) is 11.3 Å². The zero-order valence-corrected chi connectivity index (χ0v) is 20.9. The first-order valence-electron chi connectivity index (χ1n) is 10.3. The number of thioether (sulfide) groups is 1. The average Bonchev–Trinajstić information content (AvgIpc) is 3.47. The first-order chi connectivity index (χ1) is 15.8. The molecule has 4 aromatic rings. The maximum absolute atomic E-state index is 13.3. The Morgan fingerprint density at radius 2 is 1.82 bits per heavy atom. The van der Waals surface area contributed by atoms with Crippen LogP contribution >= 0.6 is 34.7 Å². The van der Waals surface area contributed by atoms with Crippen LogP contribution in [0.2, 0.25) is 5.02 Å². The van der Waals surface area contributed by atoms with Crippen molar-refractivity contribution < 1.29 is 9.21 Å². The molecule has 9 heteroatoms. The Labute approximate surface area is 206 Å². The summed E-state index contributed by atoms with van der Waals surface area (Å²) in [4.78, 5) is 19.7. The Balaban J connectivity index is 1.54. The van der Waals surface area contributed by atoms with Gasteiger partial charge in [-0.1, -0.05) is 86.6 Å². The number of benzene rings is 2. The van der Waals surface area contributed by atoms with E-state index in [0.717, 1.165) is 16.8 Å². The first-order valence-corrected chi connectivity index (χ1v) is 12.6. The van der Waals surface area contributed by atoms with Crippen molar-refractivity contribution in [2.45, 2.75) is 38.0 Å². The van der Waals surface area contributed by atoms with Crippen molar-refractivity contribution in [1.29, 1.82) is 0 Å². The smallest absolute Gasteiger partial charge is 0.277 e. The van der Waals surface area contributed by atoms with Gasteiger partial charge in [-0.2, -0.15) is 0 Å². The monoisotopic (exact) mass is 498 g/mol. The average molecular weight is 499 g/mol. The minimum Gasteiger partial charge on any atom is -0.415 e. The summed E-state index contributed by atoms with van der Waals surface area (Å²) in [5.74, 6) is 0.622. The van der Waals surface area contributed by atoms with E-state index in [-0.39, 0.29) is 17.1 Å². The molecule has 0 unspecified atom stereocenters. The van der Waals surface area contributed by atoms with Crippen molar-refractivity contribution in [2.75, 3.05) is 10.7 Å². The van der Waals surface area contributed by atoms with E-state index in [0.29, 0.717) is 27.8 Å². The van der Waals surface area contributed by atoms with Crippen molar-refractivity contribution >= 4 is 45.7 Å². The fourth-order valence-corrected chi connectivity index (χ4v) is 4.56. The van der Waals surface area contributed by atoms with Gasteiger partial charge in [0.1, 0.15) is 0 Å². The summed E-state index contributed by atoms with van der Waals surface area (Å²) in [7, 11) is 0. The lowest BCUT2D eigenvalue weighted by Crippen LogP contribution is -2.31. The summed E-state index contributed by atoms with van der Waals surface area (Å²) in [6, 6.07) is 17.4. The number of rotatable bonds is 7. The Morgan fingerprint density at radius 1 is 1.09 bits per heavy atom. The molecule has 170 valence electrons. The number of amides is 1. The normalized spacial score (nSPS) is 11.5. The molecule has 6 nitrogen and oxygen atoms in total. The second kappa shape index (κ2) is 10.1. The molecule has 0 atom stereocenters. The highest BCUT2D eigenvalue weighted by Crippen LogP contribution is 2.31. The molecule has 2 heterocycles. The Hall–Kier alpha value is -2.68. The molecule has 0 saturated heterocycles. The predicted molar refractivity (Wildman–Crippen MR) is 134 cm³/mol. The van der Waals surface area contributed by atoms with E-state index in [1.165, 1.54) is 23.1 Å². The zero-order chi connectivity index (χ0) is 23.4. The fraction of sp³-hybridized carbons (Fsp3) is 0.250. The minimum absolute atomic E-state index is 0.0867. The van der Waals surface area contributed by atoms with Gasteiger partial charge in [0.25, 0.3) is 5.22 Å². The lowest BCUT2D eigenvalue weighted by Gasteiger charge is -2.19. The Bertz CT molecular complexity index is 1220. The quantitative estimate of drug-likeness (QED) is 0.272. The lowest BCUT2D eigenvalue weighted by molar-refractivity contribution is -0.116. The number of hydrogen-bond acceptors (Lipinski definition) is 7. The topological polar surface area (TPSA) is 72.1 Å². The van der Waals surface area contributed by atoms with Crippen molar-refractivity contribution in [2.24, 2.45) is 0 Å². The molecule has 0 N–H and O–H groups in total. The van der Waals surface area contributed by atoms with Gasteiger partial charge in [-0.3, -0.25) is 9.69 Å². The van der Waals surface area contributed by atoms with Crippen molar-refractivity contribution in [3.63, 3.8) is 0 Å². The zero-order valence-electron chi connectivity index (χ0n) is 18.5. The number of carbonyl (C=O) groups is 1. The standard InChI is InChI=1S/C24H23ClN4O2S2/c1-24(2,3)21-27-28-23(31-21)33-15-20(30)29(13-16-7-5-4-6-8-16)22-26-19(14-32-22)17-9-11-18(25)12-10-17/h4-12,14H,13,15H2,1-3H3. The lowest BCUT2D eigenvalue weighted by atomic mass is 9.97. The minimum atomic E-state index is -0.242. The molecule has 0 aliphatic rings. The molecule has 0 saturated carbocycles.